The molecule has 108 valence electrons. The van der Waals surface area contributed by atoms with Crippen LogP contribution < -0.4 is 14.8 Å². The molecule has 0 aliphatic carbocycles. The Balaban J connectivity index is 3.21. The fourth-order valence-electron chi connectivity index (χ4n) is 2.37. The quantitative estimate of drug-likeness (QED) is 0.824. The van der Waals surface area contributed by atoms with Gasteiger partial charge in [0, 0.05) is 12.7 Å². The molecule has 0 bridgehead atoms. The second-order valence-electron chi connectivity index (χ2n) is 4.82. The number of likely N-dealkylation sites (N-methyl/N-ethyl adjacent to an activating group) is 1. The maximum absolute atomic E-state index is 5.63. The van der Waals surface area contributed by atoms with Crippen LogP contribution >= 0.6 is 0 Å². The minimum absolute atomic E-state index is 0.0510. The van der Waals surface area contributed by atoms with Gasteiger partial charge in [-0.2, -0.15) is 0 Å². The summed E-state index contributed by atoms with van der Waals surface area (Å²) in [4.78, 5) is 0. The Morgan fingerprint density at radius 3 is 2.16 bits per heavy atom. The Hall–Kier alpha value is -1.26. The second-order valence-corrected chi connectivity index (χ2v) is 4.82. The molecular weight excluding hydrogens is 242 g/mol. The first kappa shape index (κ1) is 15.8. The molecule has 0 amide bonds. The summed E-state index contributed by atoms with van der Waals surface area (Å²) >= 11 is 0. The van der Waals surface area contributed by atoms with Gasteiger partial charge in [0.1, 0.15) is 11.5 Å². The van der Waals surface area contributed by atoms with Gasteiger partial charge in [0.15, 0.2) is 0 Å². The van der Waals surface area contributed by atoms with Crippen LogP contribution in [0.2, 0.25) is 0 Å². The largest absolute Gasteiger partial charge is 0.497 e. The lowest BCUT2D eigenvalue weighted by atomic mass is 9.92. The van der Waals surface area contributed by atoms with E-state index in [0.29, 0.717) is 5.92 Å². The molecule has 0 heterocycles. The zero-order valence-corrected chi connectivity index (χ0v) is 12.7. The predicted octanol–water partition coefficient (Wildman–Crippen LogP) is 2.64. The Morgan fingerprint density at radius 1 is 1.05 bits per heavy atom. The molecule has 1 rings (SSSR count). The highest BCUT2D eigenvalue weighted by Gasteiger charge is 2.27. The normalized spacial score (nSPS) is 14.3. The maximum atomic E-state index is 5.63. The summed E-state index contributed by atoms with van der Waals surface area (Å²) in [7, 11) is 7.01. The van der Waals surface area contributed by atoms with Crippen LogP contribution in [-0.2, 0) is 4.74 Å². The zero-order chi connectivity index (χ0) is 14.4. The molecule has 4 heteroatoms. The van der Waals surface area contributed by atoms with Gasteiger partial charge in [-0.15, -0.1) is 0 Å². The summed E-state index contributed by atoms with van der Waals surface area (Å²) in [5, 5.41) is 3.32. The summed E-state index contributed by atoms with van der Waals surface area (Å²) in [5.41, 5.74) is 1.05. The minimum Gasteiger partial charge on any atom is -0.497 e. The lowest BCUT2D eigenvalue weighted by Gasteiger charge is -2.30. The average Bonchev–Trinajstić information content (AvgIpc) is 2.43. The molecule has 0 radical (unpaired) electrons. The third-order valence-electron chi connectivity index (χ3n) is 3.34. The first-order chi connectivity index (χ1) is 9.08. The van der Waals surface area contributed by atoms with Crippen molar-refractivity contribution in [2.24, 2.45) is 5.92 Å². The topological polar surface area (TPSA) is 39.7 Å². The van der Waals surface area contributed by atoms with E-state index < -0.39 is 0 Å². The van der Waals surface area contributed by atoms with Crippen molar-refractivity contribution in [1.29, 1.82) is 0 Å². The number of benzene rings is 1. The fraction of sp³-hybridized carbons (Fsp3) is 0.600. The number of ether oxygens (including phenoxy) is 3. The lowest BCUT2D eigenvalue weighted by Crippen LogP contribution is -2.35. The Labute approximate surface area is 116 Å². The Kier molecular flexibility index (Phi) is 6.12. The monoisotopic (exact) mass is 267 g/mol. The van der Waals surface area contributed by atoms with Crippen molar-refractivity contribution in [3.05, 3.63) is 23.8 Å². The molecule has 0 aliphatic rings. The highest BCUT2D eigenvalue weighted by molar-refractivity contribution is 5.42. The van der Waals surface area contributed by atoms with Gasteiger partial charge in [0.2, 0.25) is 0 Å². The van der Waals surface area contributed by atoms with Crippen LogP contribution in [0.3, 0.4) is 0 Å². The van der Waals surface area contributed by atoms with Gasteiger partial charge in [0.25, 0.3) is 0 Å². The second kappa shape index (κ2) is 7.36. The van der Waals surface area contributed by atoms with E-state index in [1.54, 1.807) is 21.3 Å². The molecule has 1 aromatic rings. The van der Waals surface area contributed by atoms with Gasteiger partial charge >= 0.3 is 0 Å². The number of hydrogen-bond donors (Lipinski definition) is 1. The van der Waals surface area contributed by atoms with Gasteiger partial charge in [0.05, 0.1) is 26.4 Å². The van der Waals surface area contributed by atoms with E-state index in [-0.39, 0.29) is 12.1 Å². The van der Waals surface area contributed by atoms with E-state index in [1.165, 1.54) is 0 Å². The molecule has 0 aromatic heterocycles. The number of rotatable bonds is 7. The lowest BCUT2D eigenvalue weighted by molar-refractivity contribution is 0.0341. The van der Waals surface area contributed by atoms with Crippen molar-refractivity contribution in [3.8, 4) is 11.5 Å². The van der Waals surface area contributed by atoms with Gasteiger partial charge < -0.3 is 19.5 Å². The van der Waals surface area contributed by atoms with Gasteiger partial charge in [-0.3, -0.25) is 0 Å². The summed E-state index contributed by atoms with van der Waals surface area (Å²) in [6, 6.07) is 5.86. The molecule has 2 atom stereocenters. The van der Waals surface area contributed by atoms with Crippen molar-refractivity contribution < 1.29 is 14.2 Å². The first-order valence-corrected chi connectivity index (χ1v) is 6.51. The van der Waals surface area contributed by atoms with Gasteiger partial charge in [-0.1, -0.05) is 13.8 Å². The highest BCUT2D eigenvalue weighted by Crippen LogP contribution is 2.33. The average molecular weight is 267 g/mol. The number of methoxy groups -OCH3 is 3. The minimum atomic E-state index is 0.0510. The first-order valence-electron chi connectivity index (χ1n) is 6.51. The van der Waals surface area contributed by atoms with Crippen molar-refractivity contribution >= 4 is 0 Å². The van der Waals surface area contributed by atoms with Crippen LogP contribution in [0.15, 0.2) is 18.2 Å². The maximum Gasteiger partial charge on any atom is 0.124 e. The van der Waals surface area contributed by atoms with E-state index in [0.717, 1.165) is 17.1 Å². The number of nitrogens with one attached hydrogen (secondary N) is 1. The SMILES string of the molecule is CNC(c1cc(OC)ccc1OC)C(OC)C(C)C. The van der Waals surface area contributed by atoms with Gasteiger partial charge in [-0.05, 0) is 31.2 Å². The summed E-state index contributed by atoms with van der Waals surface area (Å²) in [6.45, 7) is 4.29. The summed E-state index contributed by atoms with van der Waals surface area (Å²) < 4.78 is 16.4. The van der Waals surface area contributed by atoms with Gasteiger partial charge in [-0.25, -0.2) is 0 Å². The smallest absolute Gasteiger partial charge is 0.124 e. The third-order valence-corrected chi connectivity index (χ3v) is 3.34. The van der Waals surface area contributed by atoms with E-state index >= 15 is 0 Å². The molecule has 1 N–H and O–H groups in total. The van der Waals surface area contributed by atoms with Crippen molar-refractivity contribution in [2.75, 3.05) is 28.4 Å². The predicted molar refractivity (Wildman–Crippen MR) is 77.0 cm³/mol. The van der Waals surface area contributed by atoms with Crippen LogP contribution in [0.1, 0.15) is 25.5 Å². The van der Waals surface area contributed by atoms with E-state index in [1.807, 2.05) is 25.2 Å². The Bertz CT molecular complexity index is 393. The van der Waals surface area contributed by atoms with Crippen molar-refractivity contribution in [1.82, 2.24) is 5.32 Å². The van der Waals surface area contributed by atoms with E-state index in [9.17, 15) is 0 Å². The zero-order valence-electron chi connectivity index (χ0n) is 12.7. The van der Waals surface area contributed by atoms with Crippen molar-refractivity contribution in [2.45, 2.75) is 26.0 Å². The molecule has 19 heavy (non-hydrogen) atoms. The van der Waals surface area contributed by atoms with Crippen LogP contribution in [0.4, 0.5) is 0 Å². The summed E-state index contributed by atoms with van der Waals surface area (Å²) in [6.07, 6.45) is 0.0611. The standard InChI is InChI=1S/C15H25NO3/c1-10(2)15(19-6)14(16-3)12-9-11(17-4)7-8-13(12)18-5/h7-10,14-16H,1-6H3. The number of hydrogen-bond acceptors (Lipinski definition) is 4. The van der Waals surface area contributed by atoms with E-state index in [2.05, 4.69) is 19.2 Å². The molecule has 4 nitrogen and oxygen atoms in total. The molecule has 1 aromatic carbocycles. The molecular formula is C15H25NO3. The van der Waals surface area contributed by atoms with Crippen LogP contribution in [-0.4, -0.2) is 34.5 Å². The van der Waals surface area contributed by atoms with Crippen LogP contribution in [0.5, 0.6) is 11.5 Å². The molecule has 0 saturated carbocycles. The van der Waals surface area contributed by atoms with Crippen LogP contribution in [0.25, 0.3) is 0 Å². The molecule has 0 aliphatic heterocycles. The Morgan fingerprint density at radius 2 is 1.74 bits per heavy atom. The molecule has 0 fully saturated rings. The van der Waals surface area contributed by atoms with Crippen LogP contribution in [0, 0.1) is 5.92 Å². The molecule has 0 saturated heterocycles. The molecule has 2 unspecified atom stereocenters. The van der Waals surface area contributed by atoms with E-state index in [4.69, 9.17) is 14.2 Å². The fourth-order valence-corrected chi connectivity index (χ4v) is 2.37. The third kappa shape index (κ3) is 3.61. The van der Waals surface area contributed by atoms with Crippen molar-refractivity contribution in [3.63, 3.8) is 0 Å². The molecule has 0 spiro atoms. The highest BCUT2D eigenvalue weighted by atomic mass is 16.5. The summed E-state index contributed by atoms with van der Waals surface area (Å²) in [5.74, 6) is 2.04.